The topological polar surface area (TPSA) is 38.7 Å². The van der Waals surface area contributed by atoms with Crippen LogP contribution in [-0.4, -0.2) is 15.0 Å². The Bertz CT molecular complexity index is 1930. The van der Waals surface area contributed by atoms with Gasteiger partial charge in [0.1, 0.15) is 0 Å². The van der Waals surface area contributed by atoms with Crippen LogP contribution >= 0.6 is 0 Å². The van der Waals surface area contributed by atoms with Crippen molar-refractivity contribution in [3.05, 3.63) is 150 Å². The van der Waals surface area contributed by atoms with Crippen LogP contribution in [0, 0.1) is 0 Å². The summed E-state index contributed by atoms with van der Waals surface area (Å²) in [6, 6.07) is 43.6. The summed E-state index contributed by atoms with van der Waals surface area (Å²) < 4.78 is 0. The molecule has 0 aliphatic heterocycles. The summed E-state index contributed by atoms with van der Waals surface area (Å²) in [4.78, 5) is 14.7. The predicted molar refractivity (Wildman–Crippen MR) is 163 cm³/mol. The molecule has 0 N–H and O–H groups in total. The summed E-state index contributed by atoms with van der Waals surface area (Å²) in [5, 5.41) is 0. The van der Waals surface area contributed by atoms with Gasteiger partial charge in [-0.15, -0.1) is 0 Å². The van der Waals surface area contributed by atoms with E-state index in [2.05, 4.69) is 102 Å². The van der Waals surface area contributed by atoms with E-state index in [9.17, 15) is 0 Å². The van der Waals surface area contributed by atoms with Crippen molar-refractivity contribution in [1.82, 2.24) is 15.0 Å². The molecule has 186 valence electrons. The molecule has 0 amide bonds. The summed E-state index contributed by atoms with van der Waals surface area (Å²) >= 11 is 0. The third-order valence-corrected chi connectivity index (χ3v) is 7.02. The maximum absolute atomic E-state index is 4.92. The van der Waals surface area contributed by atoms with Crippen molar-refractivity contribution in [2.75, 3.05) is 0 Å². The molecule has 40 heavy (non-hydrogen) atoms. The lowest BCUT2D eigenvalue weighted by Crippen LogP contribution is -2.00. The first-order valence-corrected chi connectivity index (χ1v) is 13.2. The minimum Gasteiger partial charge on any atom is -0.208 e. The molecular weight excluding hydrogens is 486 g/mol. The lowest BCUT2D eigenvalue weighted by atomic mass is 9.97. The van der Waals surface area contributed by atoms with Crippen LogP contribution in [-0.2, 0) is 0 Å². The number of hydrogen-bond donors (Lipinski definition) is 0. The normalized spacial score (nSPS) is 11.4. The number of hydrogen-bond acceptors (Lipinski definition) is 3. The van der Waals surface area contributed by atoms with Gasteiger partial charge in [-0.2, -0.15) is 0 Å². The molecule has 1 aliphatic carbocycles. The Kier molecular flexibility index (Phi) is 6.05. The van der Waals surface area contributed by atoms with E-state index in [-0.39, 0.29) is 0 Å². The zero-order valence-electron chi connectivity index (χ0n) is 21.6. The van der Waals surface area contributed by atoms with E-state index in [1.807, 2.05) is 48.6 Å². The molecule has 1 heterocycles. The third kappa shape index (κ3) is 4.71. The van der Waals surface area contributed by atoms with E-state index >= 15 is 0 Å². The summed E-state index contributed by atoms with van der Waals surface area (Å²) in [5.41, 5.74) is 15.8. The molecule has 0 saturated heterocycles. The Morgan fingerprint density at radius 3 is 1.25 bits per heavy atom. The predicted octanol–water partition coefficient (Wildman–Crippen LogP) is 9.00. The second-order valence-corrected chi connectivity index (χ2v) is 9.61. The van der Waals surface area contributed by atoms with E-state index in [0.29, 0.717) is 17.5 Å². The van der Waals surface area contributed by atoms with Crippen LogP contribution in [0.2, 0.25) is 0 Å². The highest BCUT2D eigenvalue weighted by Crippen LogP contribution is 2.30. The molecule has 1 aromatic heterocycles. The first-order valence-electron chi connectivity index (χ1n) is 13.2. The Morgan fingerprint density at radius 2 is 0.700 bits per heavy atom. The number of fused-ring (bicyclic) bond motifs is 1. The molecule has 3 nitrogen and oxygen atoms in total. The molecular formula is C37H23N3. The van der Waals surface area contributed by atoms with Crippen molar-refractivity contribution in [2.45, 2.75) is 0 Å². The zero-order chi connectivity index (χ0) is 26.7. The molecule has 0 atom stereocenters. The van der Waals surface area contributed by atoms with Crippen molar-refractivity contribution >= 4 is 12.2 Å². The van der Waals surface area contributed by atoms with Crippen LogP contribution in [0.4, 0.5) is 0 Å². The molecule has 0 fully saturated rings. The molecule has 0 bridgehead atoms. The average molecular weight is 510 g/mol. The molecule has 7 rings (SSSR count). The lowest BCUT2D eigenvalue weighted by molar-refractivity contribution is 1.07. The lowest BCUT2D eigenvalue weighted by Gasteiger charge is -2.10. The SMILES string of the molecule is C1=C=Cc2cc(-c3ccc(-c4nc(-c5ccccc5)nc(-c5ccc(-c6ccccc6)cc5)n4)cc3)ccc2C=1. The van der Waals surface area contributed by atoms with Gasteiger partial charge >= 0.3 is 0 Å². The summed E-state index contributed by atoms with van der Waals surface area (Å²) in [5.74, 6) is 1.95. The van der Waals surface area contributed by atoms with E-state index in [1.54, 1.807) is 0 Å². The molecule has 1 aliphatic rings. The van der Waals surface area contributed by atoms with E-state index in [1.165, 1.54) is 5.56 Å². The van der Waals surface area contributed by atoms with Gasteiger partial charge in [-0.25, -0.2) is 15.0 Å². The van der Waals surface area contributed by atoms with Crippen molar-refractivity contribution in [3.8, 4) is 56.4 Å². The standard InChI is InChI=1S/C37H23N3/c1-3-9-26(10-4-1)28-15-20-31(21-16-28)36-38-35(30-12-5-2-6-13-30)39-37(40-36)32-22-17-29(18-23-32)34-24-19-27-11-7-8-14-33(27)25-34/h1-6,9-25H. The summed E-state index contributed by atoms with van der Waals surface area (Å²) in [6.07, 6.45) is 3.93. The largest absolute Gasteiger partial charge is 0.208 e. The smallest absolute Gasteiger partial charge is 0.164 e. The monoisotopic (exact) mass is 509 g/mol. The van der Waals surface area contributed by atoms with E-state index in [4.69, 9.17) is 15.0 Å². The highest BCUT2D eigenvalue weighted by molar-refractivity contribution is 5.76. The van der Waals surface area contributed by atoms with Crippen LogP contribution in [0.1, 0.15) is 11.1 Å². The molecule has 0 radical (unpaired) electrons. The number of rotatable bonds is 5. The van der Waals surface area contributed by atoms with Crippen molar-refractivity contribution < 1.29 is 0 Å². The minimum absolute atomic E-state index is 0.645. The van der Waals surface area contributed by atoms with Gasteiger partial charge in [0.15, 0.2) is 17.5 Å². The van der Waals surface area contributed by atoms with Crippen LogP contribution in [0.15, 0.2) is 139 Å². The second kappa shape index (κ2) is 10.3. The highest BCUT2D eigenvalue weighted by Gasteiger charge is 2.13. The third-order valence-electron chi connectivity index (χ3n) is 7.02. The van der Waals surface area contributed by atoms with Crippen molar-refractivity contribution in [2.24, 2.45) is 0 Å². The zero-order valence-corrected chi connectivity index (χ0v) is 21.6. The van der Waals surface area contributed by atoms with Crippen LogP contribution in [0.3, 0.4) is 0 Å². The Labute approximate surface area is 233 Å². The second-order valence-electron chi connectivity index (χ2n) is 9.61. The molecule has 0 unspecified atom stereocenters. The maximum atomic E-state index is 4.92. The van der Waals surface area contributed by atoms with Gasteiger partial charge in [-0.3, -0.25) is 0 Å². The first kappa shape index (κ1) is 23.5. The van der Waals surface area contributed by atoms with Gasteiger partial charge in [0.05, 0.1) is 0 Å². The quantitative estimate of drug-likeness (QED) is 0.217. The fourth-order valence-electron chi connectivity index (χ4n) is 4.85. The Morgan fingerprint density at radius 1 is 0.325 bits per heavy atom. The molecule has 5 aromatic carbocycles. The van der Waals surface area contributed by atoms with Crippen LogP contribution in [0.25, 0.3) is 68.6 Å². The van der Waals surface area contributed by atoms with Gasteiger partial charge in [-0.05, 0) is 51.6 Å². The molecule has 3 heteroatoms. The fraction of sp³-hybridized carbons (Fsp3) is 0. The first-order chi connectivity index (χ1) is 19.8. The highest BCUT2D eigenvalue weighted by atomic mass is 15.0. The minimum atomic E-state index is 0.645. The number of aromatic nitrogens is 3. The average Bonchev–Trinajstić information content (AvgIpc) is 3.05. The number of nitrogens with zero attached hydrogens (tertiary/aromatic N) is 3. The summed E-state index contributed by atoms with van der Waals surface area (Å²) in [6.45, 7) is 0. The van der Waals surface area contributed by atoms with Crippen LogP contribution in [0.5, 0.6) is 0 Å². The summed E-state index contributed by atoms with van der Waals surface area (Å²) in [7, 11) is 0. The fourth-order valence-corrected chi connectivity index (χ4v) is 4.85. The van der Waals surface area contributed by atoms with Gasteiger partial charge in [0.25, 0.3) is 0 Å². The van der Waals surface area contributed by atoms with Gasteiger partial charge in [-0.1, -0.05) is 133 Å². The molecule has 0 saturated carbocycles. The van der Waals surface area contributed by atoms with Crippen LogP contribution < -0.4 is 0 Å². The van der Waals surface area contributed by atoms with Crippen molar-refractivity contribution in [1.29, 1.82) is 0 Å². The maximum Gasteiger partial charge on any atom is 0.164 e. The molecule has 6 aromatic rings. The number of benzene rings is 5. The van der Waals surface area contributed by atoms with Gasteiger partial charge in [0.2, 0.25) is 0 Å². The van der Waals surface area contributed by atoms with Gasteiger partial charge in [0, 0.05) is 16.7 Å². The van der Waals surface area contributed by atoms with Gasteiger partial charge < -0.3 is 0 Å². The Hall–Kier alpha value is -5.59. The van der Waals surface area contributed by atoms with Crippen molar-refractivity contribution in [3.63, 3.8) is 0 Å². The van der Waals surface area contributed by atoms with E-state index < -0.39 is 0 Å². The molecule has 0 spiro atoms. The van der Waals surface area contributed by atoms with E-state index in [0.717, 1.165) is 44.5 Å². The Balaban J connectivity index is 1.26.